The third-order valence-corrected chi connectivity index (χ3v) is 0. The molecule has 0 aromatic heterocycles. The Morgan fingerprint density at radius 2 is 1.60 bits per heavy atom. The number of hydrogen-bond acceptors (Lipinski definition) is 1. The van der Waals surface area contributed by atoms with E-state index in [2.05, 4.69) is 0 Å². The number of rotatable bonds is 0. The van der Waals surface area contributed by atoms with Gasteiger partial charge in [-0.3, -0.25) is 0 Å². The summed E-state index contributed by atoms with van der Waals surface area (Å²) in [5, 5.41) is 0. The smallest absolute Gasteiger partial charge is 0 e. The van der Waals surface area contributed by atoms with Gasteiger partial charge in [-0.05, 0) is 6.54 Å². The van der Waals surface area contributed by atoms with E-state index in [1.54, 1.807) is 0 Å². The van der Waals surface area contributed by atoms with E-state index in [0.29, 0.717) is 0 Å². The molecule has 0 unspecified atom stereocenters. The molecule has 2 N–H and O–H groups in total. The van der Waals surface area contributed by atoms with Gasteiger partial charge < -0.3 is 5.73 Å². The zero-order valence-electron chi connectivity index (χ0n) is 2.64. The first kappa shape index (κ1) is 16.3. The molecule has 0 atom stereocenters. The average molecular weight is 101 g/mol. The summed E-state index contributed by atoms with van der Waals surface area (Å²) in [6.45, 7) is 2.65. The zero-order chi connectivity index (χ0) is 2.71. The standard InChI is InChI=1S/C2H7N.CH4.Ar/c1-2-3;;/h2-3H2,1H3;1H4;. The molecule has 0 aromatic carbocycles. The largest absolute Gasteiger partial charge is 0.331 e. The molecule has 36 valence electrons. The molecular weight excluding hydrogens is 90.0 g/mol. The number of hydrogen-bond donors (Lipinski definition) is 1. The molecular formula is C3H11ArN. The molecule has 0 rings (SSSR count). The molecule has 0 aromatic rings. The Morgan fingerprint density at radius 1 is 1.60 bits per heavy atom. The Balaban J connectivity index is -0.0000000200. The van der Waals surface area contributed by atoms with E-state index in [-0.39, 0.29) is 45.2 Å². The topological polar surface area (TPSA) is 26.0 Å². The Morgan fingerprint density at radius 3 is 1.60 bits per heavy atom. The summed E-state index contributed by atoms with van der Waals surface area (Å²) < 4.78 is 0. The molecule has 0 fully saturated rings. The Bertz CT molecular complexity index is 6.85. The van der Waals surface area contributed by atoms with Crippen LogP contribution in [0.25, 0.3) is 0 Å². The summed E-state index contributed by atoms with van der Waals surface area (Å²) in [5.41, 5.74) is 4.85. The van der Waals surface area contributed by atoms with Crippen molar-refractivity contribution in [3.8, 4) is 0 Å². The monoisotopic (exact) mass is 101 g/mol. The molecule has 0 amide bonds. The number of nitrogens with two attached hydrogens (primary N) is 1. The van der Waals surface area contributed by atoms with Crippen LogP contribution >= 0.6 is 0 Å². The third kappa shape index (κ3) is 36.4. The normalized spacial score (nSPS) is 3.60. The van der Waals surface area contributed by atoms with Gasteiger partial charge in [0.25, 0.3) is 0 Å². The van der Waals surface area contributed by atoms with Crippen LogP contribution in [0, 0.1) is 37.7 Å². The van der Waals surface area contributed by atoms with Crippen molar-refractivity contribution in [1.29, 1.82) is 0 Å². The van der Waals surface area contributed by atoms with Gasteiger partial charge in [0.2, 0.25) is 0 Å². The van der Waals surface area contributed by atoms with Crippen LogP contribution in [-0.4, -0.2) is 6.54 Å². The summed E-state index contributed by atoms with van der Waals surface area (Å²) in [7, 11) is 0. The first-order valence-corrected chi connectivity index (χ1v) is 1.12. The van der Waals surface area contributed by atoms with Crippen molar-refractivity contribution in [2.24, 2.45) is 5.73 Å². The van der Waals surface area contributed by atoms with Crippen LogP contribution in [0.3, 0.4) is 0 Å². The maximum absolute atomic E-state index is 4.85. The van der Waals surface area contributed by atoms with Crippen LogP contribution in [0.15, 0.2) is 0 Å². The third-order valence-electron chi connectivity index (χ3n) is 0. The van der Waals surface area contributed by atoms with Crippen molar-refractivity contribution in [3.63, 3.8) is 0 Å². The van der Waals surface area contributed by atoms with Crippen LogP contribution in [0.2, 0.25) is 0 Å². The SMILES string of the molecule is C.CCN.[Ar]. The molecule has 0 aliphatic carbocycles. The van der Waals surface area contributed by atoms with Gasteiger partial charge in [0, 0.05) is 37.7 Å². The quantitative estimate of drug-likeness (QED) is 0.475. The molecule has 0 heterocycles. The predicted octanol–water partition coefficient (Wildman–Crippen LogP) is 0.601. The summed E-state index contributed by atoms with van der Waals surface area (Å²) in [4.78, 5) is 0. The fraction of sp³-hybridized carbons (Fsp3) is 1.00. The van der Waals surface area contributed by atoms with Crippen LogP contribution in [-0.2, 0) is 0 Å². The van der Waals surface area contributed by atoms with Crippen LogP contribution in [0.4, 0.5) is 0 Å². The fourth-order valence-electron chi connectivity index (χ4n) is 0. The van der Waals surface area contributed by atoms with Gasteiger partial charge in [-0.2, -0.15) is 0 Å². The van der Waals surface area contributed by atoms with Crippen LogP contribution in [0.5, 0.6) is 0 Å². The van der Waals surface area contributed by atoms with Gasteiger partial charge in [0.1, 0.15) is 0 Å². The van der Waals surface area contributed by atoms with Gasteiger partial charge in [0.15, 0.2) is 0 Å². The Hall–Kier alpha value is 1.22. The molecule has 0 bridgehead atoms. The Labute approximate surface area is 63.9 Å². The molecule has 0 radical (unpaired) electrons. The molecule has 0 aliphatic rings. The first-order chi connectivity index (χ1) is 1.41. The molecule has 0 aliphatic heterocycles. The summed E-state index contributed by atoms with van der Waals surface area (Å²) in [6.07, 6.45) is 0. The molecule has 0 saturated heterocycles. The minimum absolute atomic E-state index is 0. The van der Waals surface area contributed by atoms with Crippen molar-refractivity contribution in [2.75, 3.05) is 6.54 Å². The van der Waals surface area contributed by atoms with E-state index in [1.165, 1.54) is 0 Å². The van der Waals surface area contributed by atoms with Crippen molar-refractivity contribution in [3.05, 3.63) is 0 Å². The van der Waals surface area contributed by atoms with E-state index in [0.717, 1.165) is 6.54 Å². The van der Waals surface area contributed by atoms with Crippen LogP contribution in [0.1, 0.15) is 14.4 Å². The van der Waals surface area contributed by atoms with Crippen molar-refractivity contribution in [2.45, 2.75) is 14.4 Å². The van der Waals surface area contributed by atoms with Gasteiger partial charge in [-0.1, -0.05) is 14.4 Å². The van der Waals surface area contributed by atoms with Crippen LogP contribution < -0.4 is 5.73 Å². The molecule has 2 heteroatoms. The zero-order valence-corrected chi connectivity index (χ0v) is 3.35. The second kappa shape index (κ2) is 18.9. The minimum Gasteiger partial charge on any atom is -0.331 e. The molecule has 1 nitrogen and oxygen atoms in total. The summed E-state index contributed by atoms with van der Waals surface area (Å²) >= 11 is 0. The predicted molar refractivity (Wildman–Crippen MR) is 21.5 cm³/mol. The van der Waals surface area contributed by atoms with E-state index in [4.69, 9.17) is 5.73 Å². The maximum Gasteiger partial charge on any atom is 0 e. The van der Waals surface area contributed by atoms with Gasteiger partial charge in [-0.25, -0.2) is 0 Å². The molecule has 5 heavy (non-hydrogen) atoms. The van der Waals surface area contributed by atoms with E-state index >= 15 is 0 Å². The van der Waals surface area contributed by atoms with E-state index < -0.39 is 0 Å². The minimum atomic E-state index is 0. The molecule has 0 saturated carbocycles. The van der Waals surface area contributed by atoms with Gasteiger partial charge in [-0.15, -0.1) is 0 Å². The average Bonchev–Trinajstić information content (AvgIpc) is 0.918. The van der Waals surface area contributed by atoms with E-state index in [1.807, 2.05) is 6.92 Å². The van der Waals surface area contributed by atoms with Gasteiger partial charge in [0.05, 0.1) is 0 Å². The summed E-state index contributed by atoms with van der Waals surface area (Å²) in [5.74, 6) is 0. The van der Waals surface area contributed by atoms with Crippen molar-refractivity contribution in [1.82, 2.24) is 0 Å². The molecule has 0 spiro atoms. The first-order valence-electron chi connectivity index (χ1n) is 1.12. The van der Waals surface area contributed by atoms with Gasteiger partial charge >= 0.3 is 0 Å². The van der Waals surface area contributed by atoms with Crippen molar-refractivity contribution >= 4 is 0 Å². The van der Waals surface area contributed by atoms with E-state index in [9.17, 15) is 0 Å². The Kier molecular flexibility index (Phi) is 61.7. The van der Waals surface area contributed by atoms with Crippen molar-refractivity contribution < 1.29 is 37.7 Å². The maximum atomic E-state index is 4.85. The fourth-order valence-corrected chi connectivity index (χ4v) is 0. The summed E-state index contributed by atoms with van der Waals surface area (Å²) in [6, 6.07) is 0. The second-order valence-corrected chi connectivity index (χ2v) is 0.408. The second-order valence-electron chi connectivity index (χ2n) is 0.408.